The number of nitrogens with one attached hydrogen (secondary N) is 1. The van der Waals surface area contributed by atoms with Crippen molar-refractivity contribution in [2.24, 2.45) is 5.92 Å². The van der Waals surface area contributed by atoms with E-state index in [-0.39, 0.29) is 17.8 Å². The molecular weight excluding hydrogens is 376 g/mol. The Balaban J connectivity index is 0.00000192. The molecular formula is C18H26BrClN2O. The molecule has 2 aliphatic rings. The van der Waals surface area contributed by atoms with Crippen molar-refractivity contribution in [3.63, 3.8) is 0 Å². The van der Waals surface area contributed by atoms with Crippen molar-refractivity contribution < 1.29 is 4.79 Å². The van der Waals surface area contributed by atoms with E-state index in [9.17, 15) is 4.79 Å². The van der Waals surface area contributed by atoms with Crippen molar-refractivity contribution in [2.75, 3.05) is 26.7 Å². The van der Waals surface area contributed by atoms with Gasteiger partial charge in [0.15, 0.2) is 0 Å². The quantitative estimate of drug-likeness (QED) is 0.833. The Kier molecular flexibility index (Phi) is 6.52. The topological polar surface area (TPSA) is 32.3 Å². The van der Waals surface area contributed by atoms with Gasteiger partial charge in [0, 0.05) is 17.6 Å². The maximum absolute atomic E-state index is 13.2. The lowest BCUT2D eigenvalue weighted by molar-refractivity contribution is -0.142. The fraction of sp³-hybridized carbons (Fsp3) is 0.611. The monoisotopic (exact) mass is 400 g/mol. The summed E-state index contributed by atoms with van der Waals surface area (Å²) in [5.41, 5.74) is 0.949. The number of halogens is 2. The SMILES string of the molecule is CNCC1CCCN(C(=O)C2(c3ccc(Br)cc3)CCC2)C1.Cl. The van der Waals surface area contributed by atoms with Crippen LogP contribution in [0.15, 0.2) is 28.7 Å². The van der Waals surface area contributed by atoms with Crippen LogP contribution >= 0.6 is 28.3 Å². The average Bonchev–Trinajstić information content (AvgIpc) is 2.48. The molecule has 23 heavy (non-hydrogen) atoms. The van der Waals surface area contributed by atoms with Crippen LogP contribution in [0.2, 0.25) is 0 Å². The summed E-state index contributed by atoms with van der Waals surface area (Å²) in [6.45, 7) is 2.85. The molecule has 5 heteroatoms. The molecule has 2 fully saturated rings. The fourth-order valence-corrected chi connectivity index (χ4v) is 4.20. The van der Waals surface area contributed by atoms with Gasteiger partial charge in [-0.3, -0.25) is 4.79 Å². The summed E-state index contributed by atoms with van der Waals surface area (Å²) in [6, 6.07) is 8.36. The lowest BCUT2D eigenvalue weighted by Crippen LogP contribution is -2.54. The van der Waals surface area contributed by atoms with Gasteiger partial charge in [0.2, 0.25) is 5.91 Å². The zero-order chi connectivity index (χ0) is 15.6. The van der Waals surface area contributed by atoms with Crippen molar-refractivity contribution in [1.29, 1.82) is 0 Å². The van der Waals surface area contributed by atoms with E-state index in [1.54, 1.807) is 0 Å². The van der Waals surface area contributed by atoms with Gasteiger partial charge in [0.05, 0.1) is 5.41 Å². The van der Waals surface area contributed by atoms with Crippen molar-refractivity contribution in [2.45, 2.75) is 37.5 Å². The Morgan fingerprint density at radius 1 is 1.30 bits per heavy atom. The predicted octanol–water partition coefficient (Wildman–Crippen LogP) is 3.75. The molecule has 128 valence electrons. The number of hydrogen-bond donors (Lipinski definition) is 1. The van der Waals surface area contributed by atoms with Gasteiger partial charge in [-0.05, 0) is 62.9 Å². The first-order valence-electron chi connectivity index (χ1n) is 8.36. The van der Waals surface area contributed by atoms with Gasteiger partial charge < -0.3 is 10.2 Å². The highest BCUT2D eigenvalue weighted by Gasteiger charge is 2.48. The molecule has 3 rings (SSSR count). The number of amides is 1. The minimum absolute atomic E-state index is 0. The molecule has 1 aromatic rings. The zero-order valence-electron chi connectivity index (χ0n) is 13.7. The molecule has 1 N–H and O–H groups in total. The number of rotatable bonds is 4. The van der Waals surface area contributed by atoms with Crippen LogP contribution in [0.5, 0.6) is 0 Å². The summed E-state index contributed by atoms with van der Waals surface area (Å²) in [5.74, 6) is 0.964. The highest BCUT2D eigenvalue weighted by atomic mass is 79.9. The van der Waals surface area contributed by atoms with E-state index >= 15 is 0 Å². The summed E-state index contributed by atoms with van der Waals surface area (Å²) >= 11 is 3.49. The zero-order valence-corrected chi connectivity index (χ0v) is 16.1. The molecule has 1 aliphatic heterocycles. The van der Waals surface area contributed by atoms with Crippen LogP contribution in [0.25, 0.3) is 0 Å². The largest absolute Gasteiger partial charge is 0.342 e. The van der Waals surface area contributed by atoms with E-state index < -0.39 is 0 Å². The number of carbonyl (C=O) groups excluding carboxylic acids is 1. The highest BCUT2D eigenvalue weighted by Crippen LogP contribution is 2.45. The molecule has 0 aromatic heterocycles. The van der Waals surface area contributed by atoms with Gasteiger partial charge in [-0.15, -0.1) is 12.4 Å². The highest BCUT2D eigenvalue weighted by molar-refractivity contribution is 9.10. The van der Waals surface area contributed by atoms with Crippen LogP contribution in [0.4, 0.5) is 0 Å². The summed E-state index contributed by atoms with van der Waals surface area (Å²) in [5, 5.41) is 3.26. The molecule has 0 radical (unpaired) electrons. The van der Waals surface area contributed by atoms with E-state index in [4.69, 9.17) is 0 Å². The van der Waals surface area contributed by atoms with Crippen LogP contribution in [-0.4, -0.2) is 37.5 Å². The van der Waals surface area contributed by atoms with E-state index in [0.29, 0.717) is 11.8 Å². The lowest BCUT2D eigenvalue weighted by atomic mass is 9.63. The molecule has 1 aliphatic carbocycles. The third-order valence-electron chi connectivity index (χ3n) is 5.31. The van der Waals surface area contributed by atoms with Gasteiger partial charge in [-0.2, -0.15) is 0 Å². The fourth-order valence-electron chi connectivity index (χ4n) is 3.93. The molecule has 1 heterocycles. The van der Waals surface area contributed by atoms with E-state index in [1.165, 1.54) is 12.0 Å². The molecule has 1 saturated heterocycles. The van der Waals surface area contributed by atoms with E-state index in [2.05, 4.69) is 50.4 Å². The van der Waals surface area contributed by atoms with Crippen molar-refractivity contribution in [3.05, 3.63) is 34.3 Å². The van der Waals surface area contributed by atoms with E-state index in [1.807, 2.05) is 7.05 Å². The average molecular weight is 402 g/mol. The van der Waals surface area contributed by atoms with Crippen molar-refractivity contribution >= 4 is 34.2 Å². The maximum Gasteiger partial charge on any atom is 0.233 e. The van der Waals surface area contributed by atoms with Crippen LogP contribution in [-0.2, 0) is 10.2 Å². The number of benzene rings is 1. The molecule has 3 nitrogen and oxygen atoms in total. The minimum atomic E-state index is -0.248. The Morgan fingerprint density at radius 2 is 2.00 bits per heavy atom. The van der Waals surface area contributed by atoms with Gasteiger partial charge in [0.1, 0.15) is 0 Å². The van der Waals surface area contributed by atoms with Crippen LogP contribution in [0.1, 0.15) is 37.7 Å². The summed E-state index contributed by atoms with van der Waals surface area (Å²) in [7, 11) is 2.00. The van der Waals surface area contributed by atoms with Gasteiger partial charge in [0.25, 0.3) is 0 Å². The Hall–Kier alpha value is -0.580. The van der Waals surface area contributed by atoms with Crippen molar-refractivity contribution in [3.8, 4) is 0 Å². The van der Waals surface area contributed by atoms with Crippen LogP contribution in [0.3, 0.4) is 0 Å². The molecule has 0 bridgehead atoms. The standard InChI is InChI=1S/C18H25BrN2O.ClH/c1-20-12-14-4-2-11-21(13-14)17(22)18(9-3-10-18)15-5-7-16(19)8-6-15;/h5-8,14,20H,2-4,9-13H2,1H3;1H. The van der Waals surface area contributed by atoms with Gasteiger partial charge in [-0.25, -0.2) is 0 Å². The van der Waals surface area contributed by atoms with Crippen LogP contribution < -0.4 is 5.32 Å². The lowest BCUT2D eigenvalue weighted by Gasteiger charge is -2.46. The second kappa shape index (κ2) is 8.00. The summed E-state index contributed by atoms with van der Waals surface area (Å²) < 4.78 is 1.07. The first-order valence-corrected chi connectivity index (χ1v) is 9.15. The van der Waals surface area contributed by atoms with Crippen molar-refractivity contribution in [1.82, 2.24) is 10.2 Å². The Bertz CT molecular complexity index is 528. The third-order valence-corrected chi connectivity index (χ3v) is 5.84. The number of nitrogens with zero attached hydrogens (tertiary/aromatic N) is 1. The normalized spacial score (nSPS) is 22.9. The Morgan fingerprint density at radius 3 is 2.57 bits per heavy atom. The molecule has 1 unspecified atom stereocenters. The third kappa shape index (κ3) is 3.75. The van der Waals surface area contributed by atoms with Gasteiger partial charge in [-0.1, -0.05) is 34.5 Å². The Labute approximate surface area is 153 Å². The number of likely N-dealkylation sites (tertiary alicyclic amines) is 1. The van der Waals surface area contributed by atoms with Gasteiger partial charge >= 0.3 is 0 Å². The molecule has 1 saturated carbocycles. The number of hydrogen-bond acceptors (Lipinski definition) is 2. The first-order chi connectivity index (χ1) is 10.7. The second-order valence-corrected chi connectivity index (χ2v) is 7.68. The number of piperidine rings is 1. The minimum Gasteiger partial charge on any atom is -0.342 e. The maximum atomic E-state index is 13.2. The second-order valence-electron chi connectivity index (χ2n) is 6.76. The summed E-state index contributed by atoms with van der Waals surface area (Å²) in [6.07, 6.45) is 5.53. The first kappa shape index (κ1) is 18.8. The smallest absolute Gasteiger partial charge is 0.233 e. The molecule has 0 spiro atoms. The van der Waals surface area contributed by atoms with E-state index in [0.717, 1.165) is 49.8 Å². The molecule has 1 aromatic carbocycles. The number of carbonyl (C=O) groups is 1. The predicted molar refractivity (Wildman–Crippen MR) is 100 cm³/mol. The van der Waals surface area contributed by atoms with Crippen LogP contribution in [0, 0.1) is 5.92 Å². The summed E-state index contributed by atoms with van der Waals surface area (Å²) in [4.78, 5) is 15.4. The molecule has 1 amide bonds. The molecule has 1 atom stereocenters.